The maximum absolute atomic E-state index is 13.9. The molecule has 3 saturated heterocycles. The van der Waals surface area contributed by atoms with E-state index in [0.717, 1.165) is 76.3 Å². The molecule has 3 aliphatic rings. The number of pyridine rings is 1. The van der Waals surface area contributed by atoms with E-state index in [2.05, 4.69) is 50.0 Å². The number of ether oxygens (including phenoxy) is 3. The van der Waals surface area contributed by atoms with Crippen LogP contribution in [0, 0.1) is 6.92 Å². The van der Waals surface area contributed by atoms with E-state index in [0.29, 0.717) is 17.4 Å². The summed E-state index contributed by atoms with van der Waals surface area (Å²) in [7, 11) is 0. The topological polar surface area (TPSA) is 105 Å². The monoisotopic (exact) mass is 600 g/mol. The van der Waals surface area contributed by atoms with Gasteiger partial charge in [0.05, 0.1) is 6.04 Å². The van der Waals surface area contributed by atoms with Crippen LogP contribution < -0.4 is 9.47 Å². The summed E-state index contributed by atoms with van der Waals surface area (Å²) in [6, 6.07) is 21.9. The van der Waals surface area contributed by atoms with E-state index in [9.17, 15) is 9.59 Å². The molecule has 3 aromatic rings. The van der Waals surface area contributed by atoms with Crippen molar-refractivity contribution in [1.82, 2.24) is 19.7 Å². The fourth-order valence-corrected chi connectivity index (χ4v) is 6.54. The standard InChI is InChI=1S/C34H40N4O6/c1-24-26(7-12-32(35-24)44-30-10-8-29(9-11-30)43-23-33(39)40)21-36-17-13-28(14-18-36)38-31(25-5-3-2-4-6-25)22-37(34(38)41)27-15-19-42-20-16-27/h2-12,27-28,31H,13-23H2,1H3,(H,39,40)/t31-/m0/s1. The van der Waals surface area contributed by atoms with E-state index in [-0.39, 0.29) is 30.8 Å². The first kappa shape index (κ1) is 29.9. The Labute approximate surface area is 258 Å². The number of hydrogen-bond acceptors (Lipinski definition) is 7. The third-order valence-corrected chi connectivity index (χ3v) is 8.91. The number of likely N-dealkylation sites (tertiary alicyclic amines) is 1. The van der Waals surface area contributed by atoms with Gasteiger partial charge in [0, 0.05) is 63.2 Å². The molecular weight excluding hydrogens is 560 g/mol. The van der Waals surface area contributed by atoms with E-state index in [1.165, 1.54) is 5.56 Å². The lowest BCUT2D eigenvalue weighted by atomic mass is 9.98. The molecule has 232 valence electrons. The molecule has 6 rings (SSSR count). The van der Waals surface area contributed by atoms with Crippen molar-refractivity contribution in [2.75, 3.05) is 39.5 Å². The van der Waals surface area contributed by atoms with Crippen molar-refractivity contribution in [3.63, 3.8) is 0 Å². The van der Waals surface area contributed by atoms with Crippen LogP contribution in [0.15, 0.2) is 66.7 Å². The molecule has 0 radical (unpaired) electrons. The van der Waals surface area contributed by atoms with E-state index >= 15 is 0 Å². The molecule has 10 nitrogen and oxygen atoms in total. The summed E-state index contributed by atoms with van der Waals surface area (Å²) in [5.41, 5.74) is 3.28. The van der Waals surface area contributed by atoms with Gasteiger partial charge in [-0.15, -0.1) is 0 Å². The lowest BCUT2D eigenvalue weighted by molar-refractivity contribution is -0.139. The Hall–Kier alpha value is -4.15. The zero-order chi connectivity index (χ0) is 30.5. The Balaban J connectivity index is 1.06. The van der Waals surface area contributed by atoms with Crippen LogP contribution in [-0.2, 0) is 16.1 Å². The quantitative estimate of drug-likeness (QED) is 0.336. The van der Waals surface area contributed by atoms with Gasteiger partial charge in [-0.1, -0.05) is 36.4 Å². The minimum atomic E-state index is -1.02. The minimum absolute atomic E-state index is 0.0792. The zero-order valence-electron chi connectivity index (χ0n) is 25.1. The van der Waals surface area contributed by atoms with Crippen molar-refractivity contribution in [3.8, 4) is 17.4 Å². The highest BCUT2D eigenvalue weighted by Gasteiger charge is 2.45. The molecule has 44 heavy (non-hydrogen) atoms. The van der Waals surface area contributed by atoms with Crippen molar-refractivity contribution in [2.24, 2.45) is 0 Å². The van der Waals surface area contributed by atoms with Gasteiger partial charge in [-0.25, -0.2) is 14.6 Å². The number of carboxylic acid groups (broad SMARTS) is 1. The third-order valence-electron chi connectivity index (χ3n) is 8.91. The van der Waals surface area contributed by atoms with Crippen molar-refractivity contribution < 1.29 is 28.9 Å². The van der Waals surface area contributed by atoms with Crippen molar-refractivity contribution in [1.29, 1.82) is 0 Å². The molecule has 2 aromatic carbocycles. The number of piperidine rings is 1. The highest BCUT2D eigenvalue weighted by molar-refractivity contribution is 5.78. The van der Waals surface area contributed by atoms with Gasteiger partial charge in [0.2, 0.25) is 5.88 Å². The number of benzene rings is 2. The first-order valence-corrected chi connectivity index (χ1v) is 15.5. The lowest BCUT2D eigenvalue weighted by Gasteiger charge is -2.39. The molecule has 2 amide bonds. The van der Waals surface area contributed by atoms with Gasteiger partial charge in [0.15, 0.2) is 6.61 Å². The van der Waals surface area contributed by atoms with Gasteiger partial charge >= 0.3 is 12.0 Å². The summed E-state index contributed by atoms with van der Waals surface area (Å²) in [6.45, 7) is 6.44. The van der Waals surface area contributed by atoms with E-state index in [1.54, 1.807) is 24.3 Å². The normalized spacial score (nSPS) is 20.2. The highest BCUT2D eigenvalue weighted by atomic mass is 16.5. The molecule has 0 spiro atoms. The van der Waals surface area contributed by atoms with Crippen molar-refractivity contribution >= 4 is 12.0 Å². The van der Waals surface area contributed by atoms with Gasteiger partial charge < -0.3 is 29.1 Å². The number of nitrogens with zero attached hydrogens (tertiary/aromatic N) is 4. The molecule has 1 atom stereocenters. The molecule has 1 N–H and O–H groups in total. The average molecular weight is 601 g/mol. The molecule has 0 aliphatic carbocycles. The Morgan fingerprint density at radius 2 is 1.64 bits per heavy atom. The second kappa shape index (κ2) is 13.7. The number of aromatic nitrogens is 1. The predicted octanol–water partition coefficient (Wildman–Crippen LogP) is 5.27. The molecule has 1 aromatic heterocycles. The molecule has 4 heterocycles. The molecular formula is C34H40N4O6. The van der Waals surface area contributed by atoms with Crippen LogP contribution in [0.5, 0.6) is 17.4 Å². The van der Waals surface area contributed by atoms with Crippen molar-refractivity contribution in [2.45, 2.75) is 57.3 Å². The number of aliphatic carboxylic acids is 1. The highest BCUT2D eigenvalue weighted by Crippen LogP contribution is 2.37. The van der Waals surface area contributed by atoms with Crippen LogP contribution >= 0.6 is 0 Å². The first-order valence-electron chi connectivity index (χ1n) is 15.5. The van der Waals surface area contributed by atoms with Crippen LogP contribution in [0.3, 0.4) is 0 Å². The number of aryl methyl sites for hydroxylation is 1. The third kappa shape index (κ3) is 6.97. The maximum Gasteiger partial charge on any atom is 0.341 e. The summed E-state index contributed by atoms with van der Waals surface area (Å²) in [4.78, 5) is 36.0. The van der Waals surface area contributed by atoms with E-state index in [4.69, 9.17) is 19.3 Å². The van der Waals surface area contributed by atoms with Crippen LogP contribution in [-0.4, -0.2) is 88.3 Å². The summed E-state index contributed by atoms with van der Waals surface area (Å²) in [6.07, 6.45) is 3.70. The Morgan fingerprint density at radius 1 is 0.932 bits per heavy atom. The number of urea groups is 1. The first-order chi connectivity index (χ1) is 21.4. The van der Waals surface area contributed by atoms with E-state index < -0.39 is 5.97 Å². The summed E-state index contributed by atoms with van der Waals surface area (Å²) in [5.74, 6) is 0.530. The van der Waals surface area contributed by atoms with Crippen molar-refractivity contribution in [3.05, 3.63) is 83.6 Å². The minimum Gasteiger partial charge on any atom is -0.482 e. The van der Waals surface area contributed by atoms with Gasteiger partial charge in [-0.3, -0.25) is 4.90 Å². The molecule has 0 saturated carbocycles. The Morgan fingerprint density at radius 3 is 2.32 bits per heavy atom. The van der Waals surface area contributed by atoms with Crippen LogP contribution in [0.25, 0.3) is 0 Å². The fraction of sp³-hybridized carbons (Fsp3) is 0.441. The zero-order valence-corrected chi connectivity index (χ0v) is 25.1. The van der Waals surface area contributed by atoms with Gasteiger partial charge in [0.1, 0.15) is 11.5 Å². The second-order valence-electron chi connectivity index (χ2n) is 11.8. The molecule has 3 aliphatic heterocycles. The number of carbonyl (C=O) groups is 2. The number of rotatable bonds is 10. The fourth-order valence-electron chi connectivity index (χ4n) is 6.54. The van der Waals surface area contributed by atoms with Crippen LogP contribution in [0.4, 0.5) is 4.79 Å². The molecule has 3 fully saturated rings. The largest absolute Gasteiger partial charge is 0.482 e. The SMILES string of the molecule is Cc1nc(Oc2ccc(OCC(=O)O)cc2)ccc1CN1CCC(N2C(=O)N(C3CCOCC3)C[C@H]2c2ccccc2)CC1. The smallest absolute Gasteiger partial charge is 0.341 e. The van der Waals surface area contributed by atoms with E-state index in [1.807, 2.05) is 19.1 Å². The average Bonchev–Trinajstić information content (AvgIpc) is 3.40. The number of carboxylic acids is 1. The second-order valence-corrected chi connectivity index (χ2v) is 11.8. The summed E-state index contributed by atoms with van der Waals surface area (Å²) >= 11 is 0. The van der Waals surface area contributed by atoms with Gasteiger partial charge in [-0.2, -0.15) is 0 Å². The predicted molar refractivity (Wildman–Crippen MR) is 164 cm³/mol. The van der Waals surface area contributed by atoms with Crippen LogP contribution in [0.2, 0.25) is 0 Å². The van der Waals surface area contributed by atoms with Crippen LogP contribution in [0.1, 0.15) is 48.5 Å². The molecule has 0 bridgehead atoms. The van der Waals surface area contributed by atoms with Gasteiger partial charge in [-0.05, 0) is 68.0 Å². The molecule has 10 heteroatoms. The Kier molecular flexibility index (Phi) is 9.28. The Bertz CT molecular complexity index is 1420. The summed E-state index contributed by atoms with van der Waals surface area (Å²) in [5, 5.41) is 8.76. The summed E-state index contributed by atoms with van der Waals surface area (Å²) < 4.78 is 16.7. The maximum atomic E-state index is 13.9. The van der Waals surface area contributed by atoms with Gasteiger partial charge in [0.25, 0.3) is 0 Å². The number of carbonyl (C=O) groups excluding carboxylic acids is 1. The number of hydrogen-bond donors (Lipinski definition) is 1. The number of amides is 2. The lowest BCUT2D eigenvalue weighted by Crippen LogP contribution is -2.48. The molecule has 0 unspecified atom stereocenters.